The summed E-state index contributed by atoms with van der Waals surface area (Å²) in [6, 6.07) is 0.760. The summed E-state index contributed by atoms with van der Waals surface area (Å²) >= 11 is 0. The van der Waals surface area contributed by atoms with Gasteiger partial charge >= 0.3 is 0 Å². The lowest BCUT2D eigenvalue weighted by Crippen LogP contribution is -2.51. The molecule has 1 nitrogen and oxygen atoms in total. The van der Waals surface area contributed by atoms with E-state index in [1.165, 1.54) is 19.4 Å². The van der Waals surface area contributed by atoms with Crippen LogP contribution in [0.2, 0.25) is 0 Å². The van der Waals surface area contributed by atoms with Gasteiger partial charge in [-0.1, -0.05) is 13.8 Å². The lowest BCUT2D eigenvalue weighted by molar-refractivity contribution is 0.0287. The Labute approximate surface area is 89.9 Å². The minimum absolute atomic E-state index is 0.349. The molecule has 1 heteroatoms. The van der Waals surface area contributed by atoms with Crippen molar-refractivity contribution in [1.29, 1.82) is 0 Å². The fourth-order valence-electron chi connectivity index (χ4n) is 2.81. The van der Waals surface area contributed by atoms with Gasteiger partial charge in [0.1, 0.15) is 0 Å². The molecule has 0 aliphatic carbocycles. The first-order valence-corrected chi connectivity index (χ1v) is 6.09. The van der Waals surface area contributed by atoms with Gasteiger partial charge < -0.3 is 0 Å². The maximum Gasteiger partial charge on any atom is 0.0127 e. The Balaban J connectivity index is 2.56. The maximum atomic E-state index is 2.66. The molecule has 1 fully saturated rings. The quantitative estimate of drug-likeness (QED) is 0.621. The first-order chi connectivity index (χ1) is 6.32. The second kappa shape index (κ2) is 4.22. The van der Waals surface area contributed by atoms with Gasteiger partial charge in [-0.05, 0) is 58.9 Å². The van der Waals surface area contributed by atoms with Crippen LogP contribution in [0.25, 0.3) is 0 Å². The molecule has 1 heterocycles. The molecule has 0 bridgehead atoms. The second-order valence-corrected chi connectivity index (χ2v) is 6.24. The van der Waals surface area contributed by atoms with E-state index in [2.05, 4.69) is 46.4 Å². The highest BCUT2D eigenvalue weighted by atomic mass is 15.2. The molecular weight excluding hydrogens is 170 g/mol. The molecule has 84 valence electrons. The van der Waals surface area contributed by atoms with Crippen LogP contribution < -0.4 is 0 Å². The Morgan fingerprint density at radius 2 is 1.79 bits per heavy atom. The number of hydrogen-bond donors (Lipinski definition) is 0. The van der Waals surface area contributed by atoms with Crippen LogP contribution in [0.3, 0.4) is 0 Å². The van der Waals surface area contributed by atoms with Gasteiger partial charge in [0, 0.05) is 11.6 Å². The van der Waals surface area contributed by atoms with Crippen molar-refractivity contribution in [2.75, 3.05) is 6.54 Å². The third kappa shape index (κ3) is 2.73. The molecule has 14 heavy (non-hydrogen) atoms. The first-order valence-electron chi connectivity index (χ1n) is 6.09. The van der Waals surface area contributed by atoms with Crippen molar-refractivity contribution in [3.63, 3.8) is 0 Å². The average Bonchev–Trinajstić information content (AvgIpc) is 2.01. The van der Waals surface area contributed by atoms with Crippen LogP contribution in [-0.2, 0) is 0 Å². The Bertz CT molecular complexity index is 178. The fraction of sp³-hybridized carbons (Fsp3) is 1.00. The smallest absolute Gasteiger partial charge is 0.0127 e. The van der Waals surface area contributed by atoms with Gasteiger partial charge in [-0.25, -0.2) is 0 Å². The van der Waals surface area contributed by atoms with E-state index in [1.807, 2.05) is 0 Å². The summed E-state index contributed by atoms with van der Waals surface area (Å²) in [5, 5.41) is 0. The van der Waals surface area contributed by atoms with E-state index >= 15 is 0 Å². The van der Waals surface area contributed by atoms with Crippen LogP contribution in [0.1, 0.15) is 54.4 Å². The number of rotatable bonds is 1. The summed E-state index contributed by atoms with van der Waals surface area (Å²) < 4.78 is 0. The second-order valence-electron chi connectivity index (χ2n) is 6.24. The van der Waals surface area contributed by atoms with Crippen LogP contribution in [0, 0.1) is 11.8 Å². The van der Waals surface area contributed by atoms with E-state index in [4.69, 9.17) is 0 Å². The molecule has 0 amide bonds. The van der Waals surface area contributed by atoms with Crippen LogP contribution in [0.5, 0.6) is 0 Å². The summed E-state index contributed by atoms with van der Waals surface area (Å²) in [7, 11) is 0. The average molecular weight is 197 g/mol. The monoisotopic (exact) mass is 197 g/mol. The van der Waals surface area contributed by atoms with Gasteiger partial charge in [-0.15, -0.1) is 0 Å². The SMILES string of the molecule is CC(C)[C@H]1CCN(C(C)(C)C)[C@@H](C)C1. The van der Waals surface area contributed by atoms with E-state index < -0.39 is 0 Å². The number of hydrogen-bond acceptors (Lipinski definition) is 1. The molecular formula is C13H27N. The summed E-state index contributed by atoms with van der Waals surface area (Å²) in [5.41, 5.74) is 0.349. The maximum absolute atomic E-state index is 2.66. The minimum Gasteiger partial charge on any atom is -0.296 e. The molecule has 0 aromatic carbocycles. The molecule has 0 saturated carbocycles. The Morgan fingerprint density at radius 1 is 1.21 bits per heavy atom. The molecule has 1 aliphatic rings. The predicted octanol–water partition coefficient (Wildman–Crippen LogP) is 3.54. The normalized spacial score (nSPS) is 31.1. The Hall–Kier alpha value is -0.0400. The van der Waals surface area contributed by atoms with Crippen LogP contribution >= 0.6 is 0 Å². The topological polar surface area (TPSA) is 3.24 Å². The molecule has 1 saturated heterocycles. The third-order valence-electron chi connectivity index (χ3n) is 3.72. The molecule has 0 spiro atoms. The van der Waals surface area contributed by atoms with Crippen molar-refractivity contribution in [2.24, 2.45) is 11.8 Å². The van der Waals surface area contributed by atoms with Crippen LogP contribution in [-0.4, -0.2) is 23.0 Å². The van der Waals surface area contributed by atoms with Gasteiger partial charge in [0.25, 0.3) is 0 Å². The van der Waals surface area contributed by atoms with Gasteiger partial charge in [0.15, 0.2) is 0 Å². The standard InChI is InChI=1S/C13H27N/c1-10(2)12-7-8-14(11(3)9-12)13(4,5)6/h10-12H,7-9H2,1-6H3/t11-,12-/m0/s1. The van der Waals surface area contributed by atoms with Crippen LogP contribution in [0.4, 0.5) is 0 Å². The summed E-state index contributed by atoms with van der Waals surface area (Å²) in [4.78, 5) is 2.66. The molecule has 0 aromatic heterocycles. The third-order valence-corrected chi connectivity index (χ3v) is 3.72. The molecule has 1 aliphatic heterocycles. The molecule has 0 unspecified atom stereocenters. The lowest BCUT2D eigenvalue weighted by Gasteiger charge is -2.46. The summed E-state index contributed by atoms with van der Waals surface area (Å²) in [6.45, 7) is 15.4. The van der Waals surface area contributed by atoms with Crippen LogP contribution in [0.15, 0.2) is 0 Å². The Kier molecular flexibility index (Phi) is 3.63. The highest BCUT2D eigenvalue weighted by Gasteiger charge is 2.32. The van der Waals surface area contributed by atoms with Crippen molar-refractivity contribution in [1.82, 2.24) is 4.90 Å². The first kappa shape index (κ1) is 12.0. The number of nitrogens with zero attached hydrogens (tertiary/aromatic N) is 1. The Morgan fingerprint density at radius 3 is 2.14 bits per heavy atom. The lowest BCUT2D eigenvalue weighted by atomic mass is 9.81. The number of likely N-dealkylation sites (tertiary alicyclic amines) is 1. The zero-order valence-electron chi connectivity index (χ0n) is 10.8. The highest BCUT2D eigenvalue weighted by Crippen LogP contribution is 2.32. The summed E-state index contributed by atoms with van der Waals surface area (Å²) in [6.07, 6.45) is 2.77. The van der Waals surface area contributed by atoms with Gasteiger partial charge in [0.05, 0.1) is 0 Å². The zero-order valence-corrected chi connectivity index (χ0v) is 10.8. The van der Waals surface area contributed by atoms with Crippen molar-refractivity contribution < 1.29 is 0 Å². The van der Waals surface area contributed by atoms with E-state index in [-0.39, 0.29) is 0 Å². The van der Waals surface area contributed by atoms with Gasteiger partial charge in [-0.2, -0.15) is 0 Å². The van der Waals surface area contributed by atoms with E-state index in [9.17, 15) is 0 Å². The van der Waals surface area contributed by atoms with Gasteiger partial charge in [-0.3, -0.25) is 4.90 Å². The minimum atomic E-state index is 0.349. The van der Waals surface area contributed by atoms with Crippen molar-refractivity contribution in [3.8, 4) is 0 Å². The molecule has 1 rings (SSSR count). The van der Waals surface area contributed by atoms with E-state index in [0.717, 1.165) is 17.9 Å². The zero-order chi connectivity index (χ0) is 10.9. The van der Waals surface area contributed by atoms with Gasteiger partial charge in [0.2, 0.25) is 0 Å². The molecule has 0 N–H and O–H groups in total. The summed E-state index contributed by atoms with van der Waals surface area (Å²) in [5.74, 6) is 1.81. The van der Waals surface area contributed by atoms with Crippen molar-refractivity contribution in [2.45, 2.75) is 66.0 Å². The number of piperidine rings is 1. The molecule has 0 radical (unpaired) electrons. The van der Waals surface area contributed by atoms with Crippen molar-refractivity contribution >= 4 is 0 Å². The van der Waals surface area contributed by atoms with Crippen molar-refractivity contribution in [3.05, 3.63) is 0 Å². The molecule has 2 atom stereocenters. The predicted molar refractivity (Wildman–Crippen MR) is 63.5 cm³/mol. The van der Waals surface area contributed by atoms with E-state index in [0.29, 0.717) is 5.54 Å². The highest BCUT2D eigenvalue weighted by molar-refractivity contribution is 4.87. The fourth-order valence-corrected chi connectivity index (χ4v) is 2.81. The van der Waals surface area contributed by atoms with E-state index in [1.54, 1.807) is 0 Å². The largest absolute Gasteiger partial charge is 0.296 e. The molecule has 0 aromatic rings.